The third-order valence-corrected chi connectivity index (χ3v) is 3.66. The Morgan fingerprint density at radius 1 is 1.14 bits per heavy atom. The fourth-order valence-corrected chi connectivity index (χ4v) is 2.87. The molecule has 2 nitrogen and oxygen atoms in total. The molecule has 1 rings (SSSR count). The van der Waals surface area contributed by atoms with Gasteiger partial charge in [0, 0.05) is 6.92 Å². The normalized spacial score (nSPS) is 25.4. The van der Waals surface area contributed by atoms with Crippen LogP contribution in [0.2, 0.25) is 0 Å². The minimum atomic E-state index is -0.139. The van der Waals surface area contributed by atoms with Crippen LogP contribution in [0.25, 0.3) is 0 Å². The highest BCUT2D eigenvalue weighted by Gasteiger charge is 2.12. The molecule has 0 spiro atoms. The van der Waals surface area contributed by atoms with Crippen molar-refractivity contribution in [3.05, 3.63) is 0 Å². The van der Waals surface area contributed by atoms with Gasteiger partial charge in [-0.1, -0.05) is 25.7 Å². The molecule has 0 unspecified atom stereocenters. The summed E-state index contributed by atoms with van der Waals surface area (Å²) in [6.45, 7) is 1.50. The van der Waals surface area contributed by atoms with E-state index in [0.29, 0.717) is 0 Å². The largest absolute Gasteiger partial charge is 0.451 e. The highest BCUT2D eigenvalue weighted by atomic mass is 32.2. The lowest BCUT2D eigenvalue weighted by Gasteiger charge is -2.17. The number of hydrogen-bond acceptors (Lipinski definition) is 3. The average Bonchev–Trinajstić information content (AvgIpc) is 2.15. The number of hydrogen-bond donors (Lipinski definition) is 0. The first kappa shape index (κ1) is 11.9. The van der Waals surface area contributed by atoms with E-state index in [1.807, 2.05) is 0 Å². The van der Waals surface area contributed by atoms with E-state index in [4.69, 9.17) is 4.74 Å². The van der Waals surface area contributed by atoms with Gasteiger partial charge in [0.15, 0.2) is 0 Å². The van der Waals surface area contributed by atoms with E-state index in [1.54, 1.807) is 11.8 Å². The number of carbonyl (C=O) groups is 1. The van der Waals surface area contributed by atoms with Crippen LogP contribution in [-0.4, -0.2) is 17.2 Å². The van der Waals surface area contributed by atoms with Gasteiger partial charge in [0.05, 0.1) is 0 Å². The maximum atomic E-state index is 10.8. The molecular weight excluding hydrogens is 196 g/mol. The summed E-state index contributed by atoms with van der Waals surface area (Å²) in [5, 5.41) is 0. The molecule has 0 radical (unpaired) electrons. The zero-order valence-electron chi connectivity index (χ0n) is 8.96. The van der Waals surface area contributed by atoms with E-state index in [2.05, 4.69) is 0 Å². The van der Waals surface area contributed by atoms with Gasteiger partial charge in [-0.25, -0.2) is 0 Å². The molecule has 1 saturated heterocycles. The van der Waals surface area contributed by atoms with Gasteiger partial charge in [-0.3, -0.25) is 4.79 Å². The Morgan fingerprint density at radius 2 is 1.79 bits per heavy atom. The molecule has 0 aromatic heterocycles. The molecule has 0 saturated carbocycles. The van der Waals surface area contributed by atoms with Crippen LogP contribution in [0.1, 0.15) is 51.9 Å². The number of ether oxygens (including phenoxy) is 1. The van der Waals surface area contributed by atoms with Gasteiger partial charge in [0.2, 0.25) is 0 Å². The van der Waals surface area contributed by atoms with Gasteiger partial charge in [0.25, 0.3) is 0 Å². The van der Waals surface area contributed by atoms with Crippen LogP contribution in [0.4, 0.5) is 0 Å². The Labute approximate surface area is 90.8 Å². The smallest absolute Gasteiger partial charge is 0.303 e. The molecule has 0 aliphatic carbocycles. The molecule has 14 heavy (non-hydrogen) atoms. The first-order chi connectivity index (χ1) is 6.79. The van der Waals surface area contributed by atoms with Gasteiger partial charge in [-0.2, -0.15) is 0 Å². The predicted octanol–water partition coefficient (Wildman–Crippen LogP) is 3.35. The summed E-state index contributed by atoms with van der Waals surface area (Å²) in [5.41, 5.74) is 0.116. The van der Waals surface area contributed by atoms with Crippen LogP contribution in [0, 0.1) is 0 Å². The molecular formula is C11H20O2S. The van der Waals surface area contributed by atoms with Crippen LogP contribution < -0.4 is 0 Å². The van der Waals surface area contributed by atoms with Crippen molar-refractivity contribution in [2.75, 3.05) is 5.75 Å². The topological polar surface area (TPSA) is 26.3 Å². The summed E-state index contributed by atoms with van der Waals surface area (Å²) in [6, 6.07) is 0. The van der Waals surface area contributed by atoms with E-state index in [9.17, 15) is 4.79 Å². The van der Waals surface area contributed by atoms with Crippen LogP contribution in [-0.2, 0) is 9.53 Å². The average molecular weight is 216 g/mol. The summed E-state index contributed by atoms with van der Waals surface area (Å²) >= 11 is 1.81. The highest BCUT2D eigenvalue weighted by molar-refractivity contribution is 7.99. The van der Waals surface area contributed by atoms with Crippen molar-refractivity contribution in [3.63, 3.8) is 0 Å². The lowest BCUT2D eigenvalue weighted by atomic mass is 10.1. The third kappa shape index (κ3) is 5.53. The van der Waals surface area contributed by atoms with E-state index in [0.717, 1.165) is 12.2 Å². The molecule has 0 amide bonds. The standard InChI is InChI=1S/C11H20O2S/c1-10(12)13-11-8-6-4-2-3-5-7-9-14-11/h11H,2-9H2,1H3/t11-/m0/s1. The lowest BCUT2D eigenvalue weighted by molar-refractivity contribution is -0.142. The molecule has 82 valence electrons. The summed E-state index contributed by atoms with van der Waals surface area (Å²) in [4.78, 5) is 10.8. The first-order valence-corrected chi connectivity index (χ1v) is 6.63. The van der Waals surface area contributed by atoms with Gasteiger partial charge in [-0.05, 0) is 25.0 Å². The van der Waals surface area contributed by atoms with Crippen molar-refractivity contribution in [1.82, 2.24) is 0 Å². The summed E-state index contributed by atoms with van der Waals surface area (Å²) in [7, 11) is 0. The fraction of sp³-hybridized carbons (Fsp3) is 0.909. The van der Waals surface area contributed by atoms with Gasteiger partial charge >= 0.3 is 5.97 Å². The summed E-state index contributed by atoms with van der Waals surface area (Å²) in [5.74, 6) is 0.998. The molecule has 1 aliphatic heterocycles. The number of rotatable bonds is 1. The number of esters is 1. The van der Waals surface area contributed by atoms with E-state index in [1.165, 1.54) is 45.4 Å². The Hall–Kier alpha value is -0.180. The SMILES string of the molecule is CC(=O)O[C@@H]1CCCCCCCCS1. The molecule has 1 aliphatic rings. The van der Waals surface area contributed by atoms with E-state index < -0.39 is 0 Å². The number of thioether (sulfide) groups is 1. The van der Waals surface area contributed by atoms with Crippen molar-refractivity contribution < 1.29 is 9.53 Å². The van der Waals surface area contributed by atoms with Crippen LogP contribution in [0.5, 0.6) is 0 Å². The second-order valence-corrected chi connectivity index (χ2v) is 5.09. The lowest BCUT2D eigenvalue weighted by Crippen LogP contribution is -2.13. The predicted molar refractivity (Wildman–Crippen MR) is 60.3 cm³/mol. The molecule has 1 fully saturated rings. The maximum Gasteiger partial charge on any atom is 0.303 e. The van der Waals surface area contributed by atoms with Crippen molar-refractivity contribution >= 4 is 17.7 Å². The van der Waals surface area contributed by atoms with Crippen LogP contribution in [0.15, 0.2) is 0 Å². The molecule has 1 heterocycles. The van der Waals surface area contributed by atoms with Crippen molar-refractivity contribution in [2.24, 2.45) is 0 Å². The summed E-state index contributed by atoms with van der Waals surface area (Å²) in [6.07, 6.45) is 8.84. The Bertz CT molecular complexity index is 161. The second-order valence-electron chi connectivity index (χ2n) is 3.82. The molecule has 0 aromatic carbocycles. The highest BCUT2D eigenvalue weighted by Crippen LogP contribution is 2.23. The van der Waals surface area contributed by atoms with E-state index >= 15 is 0 Å². The van der Waals surface area contributed by atoms with Crippen LogP contribution >= 0.6 is 11.8 Å². The zero-order chi connectivity index (χ0) is 10.2. The molecule has 0 bridgehead atoms. The summed E-state index contributed by atoms with van der Waals surface area (Å²) < 4.78 is 5.25. The number of carbonyl (C=O) groups excluding carboxylic acids is 1. The fourth-order valence-electron chi connectivity index (χ4n) is 1.70. The quantitative estimate of drug-likeness (QED) is 0.629. The van der Waals surface area contributed by atoms with Crippen molar-refractivity contribution in [2.45, 2.75) is 57.3 Å². The third-order valence-electron chi connectivity index (χ3n) is 2.44. The maximum absolute atomic E-state index is 10.8. The van der Waals surface area contributed by atoms with Crippen molar-refractivity contribution in [3.8, 4) is 0 Å². The monoisotopic (exact) mass is 216 g/mol. The molecule has 3 heteroatoms. The second kappa shape index (κ2) is 7.16. The molecule has 0 N–H and O–H groups in total. The molecule has 1 atom stereocenters. The minimum absolute atomic E-state index is 0.116. The minimum Gasteiger partial charge on any atom is -0.451 e. The Balaban J connectivity index is 2.26. The Kier molecular flexibility index (Phi) is 6.08. The van der Waals surface area contributed by atoms with Gasteiger partial charge in [-0.15, -0.1) is 11.8 Å². The van der Waals surface area contributed by atoms with E-state index in [-0.39, 0.29) is 11.4 Å². The van der Waals surface area contributed by atoms with Crippen molar-refractivity contribution in [1.29, 1.82) is 0 Å². The first-order valence-electron chi connectivity index (χ1n) is 5.58. The molecule has 0 aromatic rings. The zero-order valence-corrected chi connectivity index (χ0v) is 9.78. The van der Waals surface area contributed by atoms with Gasteiger partial charge < -0.3 is 4.74 Å². The Morgan fingerprint density at radius 3 is 2.50 bits per heavy atom. The van der Waals surface area contributed by atoms with Gasteiger partial charge in [0.1, 0.15) is 5.44 Å². The van der Waals surface area contributed by atoms with Crippen LogP contribution in [0.3, 0.4) is 0 Å².